The van der Waals surface area contributed by atoms with Crippen LogP contribution in [0, 0.1) is 32.1 Å². The Labute approximate surface area is 291 Å². The molecular weight excluding hydrogens is 658 g/mol. The number of amides is 1. The van der Waals surface area contributed by atoms with Crippen LogP contribution in [0.1, 0.15) is 90.0 Å². The number of benzene rings is 1. The zero-order chi connectivity index (χ0) is 36.9. The number of rotatable bonds is 25. The van der Waals surface area contributed by atoms with Gasteiger partial charge in [0.05, 0.1) is 18.3 Å². The highest BCUT2D eigenvalue weighted by Gasteiger charge is 2.41. The highest BCUT2D eigenvalue weighted by molar-refractivity contribution is 5.81. The third-order valence-corrected chi connectivity index (χ3v) is 8.39. The molecule has 50 heavy (non-hydrogen) atoms. The Kier molecular flexibility index (Phi) is 19.4. The van der Waals surface area contributed by atoms with E-state index in [4.69, 9.17) is 9.47 Å². The van der Waals surface area contributed by atoms with Crippen molar-refractivity contribution in [1.82, 2.24) is 5.32 Å². The van der Waals surface area contributed by atoms with Crippen LogP contribution >= 0.6 is 0 Å². The SMILES string of the molecule is CC(C)OC(=O)CCC/C=C\C[C@@H]1[C@@H](CC[C@H](CCc2ccccc2)OC(=O)CNC(=O)CCCC(CO[N+](=O)[O-])O[N+](=O)[O-])[C@H](O)C[C@@H]1O. The molecule has 1 unspecified atom stereocenters. The summed E-state index contributed by atoms with van der Waals surface area (Å²) in [6.45, 7) is 2.53. The van der Waals surface area contributed by atoms with Gasteiger partial charge in [0, 0.05) is 12.8 Å². The Bertz CT molecular complexity index is 1230. The molecule has 16 nitrogen and oxygen atoms in total. The van der Waals surface area contributed by atoms with Gasteiger partial charge in [-0.3, -0.25) is 14.4 Å². The van der Waals surface area contributed by atoms with E-state index in [0.717, 1.165) is 5.56 Å². The molecule has 0 saturated heterocycles. The lowest BCUT2D eigenvalue weighted by molar-refractivity contribution is -0.790. The first-order valence-corrected chi connectivity index (χ1v) is 17.1. The molecule has 1 saturated carbocycles. The van der Waals surface area contributed by atoms with Crippen molar-refractivity contribution in [1.29, 1.82) is 0 Å². The van der Waals surface area contributed by atoms with Crippen molar-refractivity contribution >= 4 is 17.8 Å². The van der Waals surface area contributed by atoms with Gasteiger partial charge in [0.15, 0.2) is 0 Å². The fraction of sp³-hybridized carbons (Fsp3) is 0.676. The predicted molar refractivity (Wildman–Crippen MR) is 178 cm³/mol. The molecule has 0 heterocycles. The molecule has 6 atom stereocenters. The molecule has 280 valence electrons. The number of aliphatic hydroxyl groups excluding tert-OH is 2. The van der Waals surface area contributed by atoms with Gasteiger partial charge in [0.25, 0.3) is 10.2 Å². The molecule has 0 aliphatic heterocycles. The summed E-state index contributed by atoms with van der Waals surface area (Å²) in [5.41, 5.74) is 1.06. The minimum Gasteiger partial charge on any atom is -0.463 e. The van der Waals surface area contributed by atoms with E-state index in [9.17, 15) is 44.8 Å². The van der Waals surface area contributed by atoms with Gasteiger partial charge >= 0.3 is 11.9 Å². The van der Waals surface area contributed by atoms with Gasteiger partial charge in [-0.15, -0.1) is 20.2 Å². The number of ether oxygens (including phenoxy) is 2. The van der Waals surface area contributed by atoms with E-state index in [1.165, 1.54) is 0 Å². The number of carbonyl (C=O) groups excluding carboxylic acids is 3. The topological polar surface area (TPSA) is 227 Å². The van der Waals surface area contributed by atoms with E-state index in [1.807, 2.05) is 42.5 Å². The van der Waals surface area contributed by atoms with Gasteiger partial charge in [-0.2, -0.15) is 0 Å². The van der Waals surface area contributed by atoms with E-state index < -0.39 is 59.6 Å². The molecule has 0 spiro atoms. The van der Waals surface area contributed by atoms with Crippen molar-refractivity contribution in [2.45, 2.75) is 121 Å². The molecule has 1 aromatic rings. The van der Waals surface area contributed by atoms with Gasteiger partial charge in [-0.25, -0.2) is 0 Å². The van der Waals surface area contributed by atoms with Crippen LogP contribution in [0.25, 0.3) is 0 Å². The maximum atomic E-state index is 12.8. The van der Waals surface area contributed by atoms with E-state index in [0.29, 0.717) is 51.4 Å². The Balaban J connectivity index is 1.89. The third-order valence-electron chi connectivity index (χ3n) is 8.39. The van der Waals surface area contributed by atoms with Crippen LogP contribution in [-0.2, 0) is 40.0 Å². The molecule has 0 aromatic heterocycles. The van der Waals surface area contributed by atoms with Crippen molar-refractivity contribution < 1.29 is 53.9 Å². The molecule has 1 fully saturated rings. The van der Waals surface area contributed by atoms with E-state index in [-0.39, 0.29) is 49.6 Å². The number of nitrogens with zero attached hydrogens (tertiary/aromatic N) is 2. The summed E-state index contributed by atoms with van der Waals surface area (Å²) in [7, 11) is 0. The predicted octanol–water partition coefficient (Wildman–Crippen LogP) is 3.81. The number of allylic oxidation sites excluding steroid dienone is 2. The Morgan fingerprint density at radius 1 is 0.900 bits per heavy atom. The first-order valence-electron chi connectivity index (χ1n) is 17.1. The summed E-state index contributed by atoms with van der Waals surface area (Å²) in [5.74, 6) is -1.81. The molecule has 2 rings (SSSR count). The number of carbonyl (C=O) groups is 3. The smallest absolute Gasteiger partial charge is 0.325 e. The summed E-state index contributed by atoms with van der Waals surface area (Å²) < 4.78 is 10.9. The highest BCUT2D eigenvalue weighted by atomic mass is 17.0. The summed E-state index contributed by atoms with van der Waals surface area (Å²) >= 11 is 0. The third kappa shape index (κ3) is 17.9. The summed E-state index contributed by atoms with van der Waals surface area (Å²) in [6, 6.07) is 9.67. The Morgan fingerprint density at radius 3 is 2.30 bits per heavy atom. The second-order valence-corrected chi connectivity index (χ2v) is 12.7. The van der Waals surface area contributed by atoms with Gasteiger partial charge < -0.3 is 34.7 Å². The summed E-state index contributed by atoms with van der Waals surface area (Å²) in [4.78, 5) is 66.3. The number of aryl methyl sites for hydroxylation is 1. The summed E-state index contributed by atoms with van der Waals surface area (Å²) in [5, 5.41) is 42.7. The molecule has 16 heteroatoms. The van der Waals surface area contributed by atoms with Crippen LogP contribution in [-0.4, -0.2) is 81.9 Å². The van der Waals surface area contributed by atoms with Crippen LogP contribution in [0.5, 0.6) is 0 Å². The Hall–Kier alpha value is -4.31. The highest BCUT2D eigenvalue weighted by Crippen LogP contribution is 2.39. The lowest BCUT2D eigenvalue weighted by Crippen LogP contribution is -2.33. The van der Waals surface area contributed by atoms with Gasteiger partial charge in [0.2, 0.25) is 5.91 Å². The number of aliphatic hydroxyl groups is 2. The minimum absolute atomic E-state index is 0.0678. The quantitative estimate of drug-likeness (QED) is 0.0432. The zero-order valence-corrected chi connectivity index (χ0v) is 28.8. The van der Waals surface area contributed by atoms with E-state index in [2.05, 4.69) is 15.0 Å². The van der Waals surface area contributed by atoms with Crippen LogP contribution < -0.4 is 5.32 Å². The second kappa shape index (κ2) is 23.2. The average Bonchev–Trinajstić information content (AvgIpc) is 3.32. The number of esters is 2. The molecule has 0 radical (unpaired) electrons. The van der Waals surface area contributed by atoms with Crippen LogP contribution in [0.4, 0.5) is 0 Å². The molecule has 1 aliphatic carbocycles. The Morgan fingerprint density at radius 2 is 1.62 bits per heavy atom. The molecule has 1 aliphatic rings. The van der Waals surface area contributed by atoms with Crippen LogP contribution in [0.2, 0.25) is 0 Å². The molecule has 3 N–H and O–H groups in total. The average molecular weight is 710 g/mol. The van der Waals surface area contributed by atoms with E-state index >= 15 is 0 Å². The van der Waals surface area contributed by atoms with Crippen molar-refractivity contribution in [3.8, 4) is 0 Å². The van der Waals surface area contributed by atoms with Crippen LogP contribution in [0.15, 0.2) is 42.5 Å². The monoisotopic (exact) mass is 709 g/mol. The van der Waals surface area contributed by atoms with Gasteiger partial charge in [-0.05, 0) is 95.5 Å². The van der Waals surface area contributed by atoms with Crippen molar-refractivity contribution in [2.75, 3.05) is 13.2 Å². The lowest BCUT2D eigenvalue weighted by atomic mass is 9.85. The maximum Gasteiger partial charge on any atom is 0.325 e. The largest absolute Gasteiger partial charge is 0.463 e. The molecule has 1 amide bonds. The van der Waals surface area contributed by atoms with Crippen LogP contribution in [0.3, 0.4) is 0 Å². The number of nitrogens with one attached hydrogen (secondary N) is 1. The first-order chi connectivity index (χ1) is 23.8. The summed E-state index contributed by atoms with van der Waals surface area (Å²) in [6.07, 6.45) is 5.09. The standard InChI is InChI=1S/C34H51N3O13/c1-24(2)48-33(41)16-9-4-3-8-14-28-29(31(39)21-30(28)38)20-19-26(18-17-25-11-6-5-7-12-25)49-34(42)22-35-32(40)15-10-13-27(50-37(45)46)23-47-36(43)44/h3,5-8,11-12,24,26-31,38-39H,4,9-10,13-23H2,1-2H3,(H,35,40)/b8-3-/t26-,27?,28+,29+,30-,31+/m0/s1. The van der Waals surface area contributed by atoms with Crippen molar-refractivity contribution in [3.63, 3.8) is 0 Å². The second-order valence-electron chi connectivity index (χ2n) is 12.7. The van der Waals surface area contributed by atoms with Crippen molar-refractivity contribution in [2.24, 2.45) is 11.8 Å². The minimum atomic E-state index is -1.24. The van der Waals surface area contributed by atoms with E-state index in [1.54, 1.807) is 13.8 Å². The normalized spacial score (nSPS) is 19.9. The lowest BCUT2D eigenvalue weighted by Gasteiger charge is -2.25. The van der Waals surface area contributed by atoms with Gasteiger partial charge in [0.1, 0.15) is 25.4 Å². The van der Waals surface area contributed by atoms with Gasteiger partial charge in [-0.1, -0.05) is 42.5 Å². The maximum absolute atomic E-state index is 12.8. The molecular formula is C34H51N3O13. The number of hydrogen-bond donors (Lipinski definition) is 3. The number of unbranched alkanes of at least 4 members (excludes halogenated alkanes) is 1. The fourth-order valence-corrected chi connectivity index (χ4v) is 5.99. The number of hydrogen-bond acceptors (Lipinski definition) is 13. The fourth-order valence-electron chi connectivity index (χ4n) is 5.99. The first kappa shape index (κ1) is 41.9. The molecule has 0 bridgehead atoms. The zero-order valence-electron chi connectivity index (χ0n) is 28.8. The molecule has 1 aromatic carbocycles. The van der Waals surface area contributed by atoms with Crippen molar-refractivity contribution in [3.05, 3.63) is 68.3 Å².